The topological polar surface area (TPSA) is 44.8 Å². The van der Waals surface area contributed by atoms with Crippen LogP contribution in [0.25, 0.3) is 0 Å². The van der Waals surface area contributed by atoms with E-state index < -0.39 is 5.97 Å². The summed E-state index contributed by atoms with van der Waals surface area (Å²) in [6, 6.07) is 5.19. The van der Waals surface area contributed by atoms with Crippen molar-refractivity contribution in [3.63, 3.8) is 0 Å². The zero-order valence-corrected chi connectivity index (χ0v) is 11.4. The average molecular weight is 252 g/mol. The molecule has 4 heteroatoms. The van der Waals surface area contributed by atoms with Gasteiger partial charge in [-0.2, -0.15) is 0 Å². The Morgan fingerprint density at radius 2 is 1.72 bits per heavy atom. The Bertz CT molecular complexity index is 377. The summed E-state index contributed by atoms with van der Waals surface area (Å²) in [4.78, 5) is 12.0. The second kappa shape index (κ2) is 6.89. The molecule has 0 bridgehead atoms. The highest BCUT2D eigenvalue weighted by Crippen LogP contribution is 2.28. The molecule has 4 nitrogen and oxygen atoms in total. The van der Waals surface area contributed by atoms with Gasteiger partial charge in [0, 0.05) is 0 Å². The predicted molar refractivity (Wildman–Crippen MR) is 69.3 cm³/mol. The third-order valence-electron chi connectivity index (χ3n) is 2.56. The van der Waals surface area contributed by atoms with Gasteiger partial charge in [0.15, 0.2) is 0 Å². The first-order valence-electron chi connectivity index (χ1n) is 5.98. The van der Waals surface area contributed by atoms with Crippen LogP contribution >= 0.6 is 0 Å². The van der Waals surface area contributed by atoms with Gasteiger partial charge in [-0.3, -0.25) is 0 Å². The number of rotatable bonds is 6. The van der Waals surface area contributed by atoms with E-state index in [1.165, 1.54) is 14.2 Å². The number of benzene rings is 1. The highest BCUT2D eigenvalue weighted by Gasteiger charge is 2.19. The van der Waals surface area contributed by atoms with Gasteiger partial charge in [0.2, 0.25) is 0 Å². The molecule has 0 amide bonds. The van der Waals surface area contributed by atoms with Gasteiger partial charge < -0.3 is 14.2 Å². The summed E-state index contributed by atoms with van der Waals surface area (Å²) in [7, 11) is 3.03. The predicted octanol–water partition coefficient (Wildman–Crippen LogP) is 2.91. The molecule has 0 fully saturated rings. The van der Waals surface area contributed by atoms with Crippen molar-refractivity contribution in [2.75, 3.05) is 20.8 Å². The molecule has 0 saturated heterocycles. The molecule has 0 aliphatic heterocycles. The summed E-state index contributed by atoms with van der Waals surface area (Å²) in [6.07, 6.45) is 0.837. The molecule has 0 N–H and O–H groups in total. The Kier molecular flexibility index (Phi) is 5.49. The molecular weight excluding hydrogens is 232 g/mol. The maximum atomic E-state index is 12.0. The quantitative estimate of drug-likeness (QED) is 0.730. The van der Waals surface area contributed by atoms with Crippen molar-refractivity contribution in [3.8, 4) is 11.5 Å². The molecule has 0 heterocycles. The van der Waals surface area contributed by atoms with Crippen molar-refractivity contribution in [3.05, 3.63) is 23.8 Å². The molecule has 0 spiro atoms. The molecular formula is C14H20O4. The standard InChI is InChI=1S/C14H20O4/c1-10(2)8-9-18-14(15)13-11(16-3)6-5-7-12(13)17-4/h5-7,10H,8-9H2,1-4H3. The molecule has 0 atom stereocenters. The summed E-state index contributed by atoms with van der Waals surface area (Å²) in [6.45, 7) is 4.56. The van der Waals surface area contributed by atoms with E-state index in [0.717, 1.165) is 6.42 Å². The van der Waals surface area contributed by atoms with Crippen LogP contribution in [0, 0.1) is 5.92 Å². The smallest absolute Gasteiger partial charge is 0.345 e. The van der Waals surface area contributed by atoms with Gasteiger partial charge >= 0.3 is 5.97 Å². The summed E-state index contributed by atoms with van der Waals surface area (Å²) in [5, 5.41) is 0. The number of carbonyl (C=O) groups excluding carboxylic acids is 1. The summed E-state index contributed by atoms with van der Waals surface area (Å²) in [5.74, 6) is 1.01. The monoisotopic (exact) mass is 252 g/mol. The fourth-order valence-corrected chi connectivity index (χ4v) is 1.51. The van der Waals surface area contributed by atoms with E-state index in [2.05, 4.69) is 13.8 Å². The Morgan fingerprint density at radius 1 is 1.17 bits per heavy atom. The minimum absolute atomic E-state index is 0.339. The first-order valence-corrected chi connectivity index (χ1v) is 5.98. The van der Waals surface area contributed by atoms with Crippen LogP contribution in [0.5, 0.6) is 11.5 Å². The van der Waals surface area contributed by atoms with Gasteiger partial charge in [0.25, 0.3) is 0 Å². The molecule has 1 rings (SSSR count). The number of esters is 1. The van der Waals surface area contributed by atoms with Crippen molar-refractivity contribution in [1.29, 1.82) is 0 Å². The van der Waals surface area contributed by atoms with Crippen LogP contribution in [0.15, 0.2) is 18.2 Å². The maximum absolute atomic E-state index is 12.0. The third kappa shape index (κ3) is 3.65. The lowest BCUT2D eigenvalue weighted by molar-refractivity contribution is 0.0480. The van der Waals surface area contributed by atoms with E-state index in [-0.39, 0.29) is 0 Å². The zero-order chi connectivity index (χ0) is 13.5. The van der Waals surface area contributed by atoms with Crippen molar-refractivity contribution in [2.24, 2.45) is 5.92 Å². The Balaban J connectivity index is 2.83. The first-order chi connectivity index (χ1) is 8.60. The van der Waals surface area contributed by atoms with E-state index in [1.54, 1.807) is 18.2 Å². The van der Waals surface area contributed by atoms with Crippen LogP contribution in [0.4, 0.5) is 0 Å². The molecule has 100 valence electrons. The molecule has 0 unspecified atom stereocenters. The average Bonchev–Trinajstić information content (AvgIpc) is 2.36. The second-order valence-corrected chi connectivity index (χ2v) is 4.36. The van der Waals surface area contributed by atoms with E-state index in [4.69, 9.17) is 14.2 Å². The minimum Gasteiger partial charge on any atom is -0.496 e. The third-order valence-corrected chi connectivity index (χ3v) is 2.56. The van der Waals surface area contributed by atoms with Crippen LogP contribution in [0.1, 0.15) is 30.6 Å². The van der Waals surface area contributed by atoms with Crippen LogP contribution in [0.3, 0.4) is 0 Å². The number of carbonyl (C=O) groups is 1. The molecule has 1 aromatic rings. The Hall–Kier alpha value is -1.71. The summed E-state index contributed by atoms with van der Waals surface area (Å²) < 4.78 is 15.5. The molecule has 18 heavy (non-hydrogen) atoms. The largest absolute Gasteiger partial charge is 0.496 e. The number of ether oxygens (including phenoxy) is 3. The number of methoxy groups -OCH3 is 2. The lowest BCUT2D eigenvalue weighted by Gasteiger charge is -2.12. The van der Waals surface area contributed by atoms with Crippen molar-refractivity contribution < 1.29 is 19.0 Å². The Morgan fingerprint density at radius 3 is 2.17 bits per heavy atom. The first kappa shape index (κ1) is 14.4. The Labute approximate surface area is 108 Å². The highest BCUT2D eigenvalue weighted by atomic mass is 16.5. The van der Waals surface area contributed by atoms with Gasteiger partial charge in [0.1, 0.15) is 17.1 Å². The summed E-state index contributed by atoms with van der Waals surface area (Å²) >= 11 is 0. The molecule has 0 radical (unpaired) electrons. The zero-order valence-electron chi connectivity index (χ0n) is 11.4. The SMILES string of the molecule is COc1cccc(OC)c1C(=O)OCCC(C)C. The highest BCUT2D eigenvalue weighted by molar-refractivity contribution is 5.95. The fourth-order valence-electron chi connectivity index (χ4n) is 1.51. The van der Waals surface area contributed by atoms with E-state index in [1.807, 2.05) is 0 Å². The van der Waals surface area contributed by atoms with Crippen molar-refractivity contribution >= 4 is 5.97 Å². The normalized spacial score (nSPS) is 10.3. The van der Waals surface area contributed by atoms with Gasteiger partial charge in [-0.15, -0.1) is 0 Å². The summed E-state index contributed by atoms with van der Waals surface area (Å²) in [5.41, 5.74) is 0.339. The van der Waals surface area contributed by atoms with Crippen LogP contribution < -0.4 is 9.47 Å². The number of hydrogen-bond donors (Lipinski definition) is 0. The maximum Gasteiger partial charge on any atom is 0.345 e. The molecule has 0 aliphatic carbocycles. The van der Waals surface area contributed by atoms with E-state index in [9.17, 15) is 4.79 Å². The lowest BCUT2D eigenvalue weighted by Crippen LogP contribution is -2.11. The fraction of sp³-hybridized carbons (Fsp3) is 0.500. The molecule has 0 saturated carbocycles. The van der Waals surface area contributed by atoms with Crippen LogP contribution in [-0.2, 0) is 4.74 Å². The second-order valence-electron chi connectivity index (χ2n) is 4.36. The van der Waals surface area contributed by atoms with Gasteiger partial charge in [0.05, 0.1) is 20.8 Å². The van der Waals surface area contributed by atoms with Crippen LogP contribution in [-0.4, -0.2) is 26.8 Å². The molecule has 0 aliphatic rings. The minimum atomic E-state index is -0.412. The van der Waals surface area contributed by atoms with Crippen molar-refractivity contribution in [2.45, 2.75) is 20.3 Å². The number of hydrogen-bond acceptors (Lipinski definition) is 4. The molecule has 1 aromatic carbocycles. The van der Waals surface area contributed by atoms with Gasteiger partial charge in [-0.25, -0.2) is 4.79 Å². The van der Waals surface area contributed by atoms with Gasteiger partial charge in [-0.1, -0.05) is 19.9 Å². The molecule has 0 aromatic heterocycles. The van der Waals surface area contributed by atoms with Crippen LogP contribution in [0.2, 0.25) is 0 Å². The lowest BCUT2D eigenvalue weighted by atomic mass is 10.1. The van der Waals surface area contributed by atoms with Gasteiger partial charge in [-0.05, 0) is 24.5 Å². The van der Waals surface area contributed by atoms with E-state index >= 15 is 0 Å². The van der Waals surface area contributed by atoms with Crippen molar-refractivity contribution in [1.82, 2.24) is 0 Å². The van der Waals surface area contributed by atoms with E-state index in [0.29, 0.717) is 29.6 Å².